The van der Waals surface area contributed by atoms with Gasteiger partial charge in [0.15, 0.2) is 0 Å². The van der Waals surface area contributed by atoms with E-state index in [9.17, 15) is 9.59 Å². The fourth-order valence-corrected chi connectivity index (χ4v) is 1.89. The fraction of sp³-hybridized carbons (Fsp3) is 0.375. The predicted octanol–water partition coefficient (Wildman–Crippen LogP) is 1.27. The summed E-state index contributed by atoms with van der Waals surface area (Å²) in [6.07, 6.45) is 1.60. The zero-order chi connectivity index (χ0) is 16.5. The number of nitrogens with zero attached hydrogens (tertiary/aromatic N) is 1. The van der Waals surface area contributed by atoms with E-state index in [4.69, 9.17) is 5.73 Å². The highest BCUT2D eigenvalue weighted by Crippen LogP contribution is 2.11. The summed E-state index contributed by atoms with van der Waals surface area (Å²) in [6, 6.07) is 9.12. The van der Waals surface area contributed by atoms with Gasteiger partial charge < -0.3 is 21.3 Å². The van der Waals surface area contributed by atoms with Gasteiger partial charge in [-0.15, -0.1) is 0 Å². The van der Waals surface area contributed by atoms with Gasteiger partial charge in [-0.2, -0.15) is 0 Å². The molecule has 0 saturated carbocycles. The highest BCUT2D eigenvalue weighted by molar-refractivity contribution is 6.03. The molecule has 0 bridgehead atoms. The average Bonchev–Trinajstić information content (AvgIpc) is 2.51. The van der Waals surface area contributed by atoms with Gasteiger partial charge >= 0.3 is 0 Å². The molecule has 0 fully saturated rings. The van der Waals surface area contributed by atoms with Crippen LogP contribution in [-0.2, 0) is 9.59 Å². The third kappa shape index (κ3) is 5.47. The van der Waals surface area contributed by atoms with Crippen LogP contribution in [0.2, 0.25) is 0 Å². The molecule has 0 radical (unpaired) electrons. The molecule has 0 aromatic heterocycles. The maximum absolute atomic E-state index is 12.1. The summed E-state index contributed by atoms with van der Waals surface area (Å²) in [4.78, 5) is 25.2. The van der Waals surface area contributed by atoms with Gasteiger partial charge in [0.25, 0.3) is 5.91 Å². The van der Waals surface area contributed by atoms with Gasteiger partial charge in [-0.05, 0) is 25.0 Å². The van der Waals surface area contributed by atoms with E-state index in [0.29, 0.717) is 30.6 Å². The van der Waals surface area contributed by atoms with Crippen LogP contribution in [0.15, 0.2) is 41.7 Å². The Hall–Kier alpha value is -2.50. The second-order valence-corrected chi connectivity index (χ2v) is 5.10. The Morgan fingerprint density at radius 1 is 1.14 bits per heavy atom. The van der Waals surface area contributed by atoms with Crippen molar-refractivity contribution in [3.8, 4) is 0 Å². The van der Waals surface area contributed by atoms with Crippen molar-refractivity contribution < 1.29 is 9.59 Å². The first-order valence-corrected chi connectivity index (χ1v) is 7.18. The number of nitrogens with two attached hydrogens (primary N) is 1. The lowest BCUT2D eigenvalue weighted by Gasteiger charge is -2.13. The largest absolute Gasteiger partial charge is 0.393 e. The number of allylic oxidation sites excluding steroid dienone is 1. The van der Waals surface area contributed by atoms with Gasteiger partial charge in [0.1, 0.15) is 5.70 Å². The van der Waals surface area contributed by atoms with Gasteiger partial charge in [0.2, 0.25) is 5.91 Å². The van der Waals surface area contributed by atoms with Crippen LogP contribution in [0.5, 0.6) is 0 Å². The lowest BCUT2D eigenvalue weighted by Crippen LogP contribution is -2.26. The van der Waals surface area contributed by atoms with E-state index in [2.05, 4.69) is 10.6 Å². The van der Waals surface area contributed by atoms with E-state index >= 15 is 0 Å². The van der Waals surface area contributed by atoms with Gasteiger partial charge in [-0.3, -0.25) is 9.59 Å². The molecular formula is C16H24N4O2. The van der Waals surface area contributed by atoms with Crippen LogP contribution in [0.1, 0.15) is 19.3 Å². The predicted molar refractivity (Wildman–Crippen MR) is 87.9 cm³/mol. The van der Waals surface area contributed by atoms with Crippen LogP contribution in [0, 0.1) is 0 Å². The Balaban J connectivity index is 2.63. The van der Waals surface area contributed by atoms with Crippen LogP contribution < -0.4 is 16.4 Å². The number of nitrogens with one attached hydrogen (secondary N) is 2. The van der Waals surface area contributed by atoms with Crippen molar-refractivity contribution in [3.05, 3.63) is 41.7 Å². The van der Waals surface area contributed by atoms with Crippen molar-refractivity contribution in [2.75, 3.05) is 26.5 Å². The number of rotatable bonds is 7. The minimum atomic E-state index is -0.352. The normalized spacial score (nSPS) is 11.4. The van der Waals surface area contributed by atoms with Gasteiger partial charge in [-0.25, -0.2) is 0 Å². The van der Waals surface area contributed by atoms with Crippen molar-refractivity contribution in [2.24, 2.45) is 5.73 Å². The molecule has 1 aromatic rings. The first kappa shape index (κ1) is 17.6. The molecule has 0 aliphatic carbocycles. The Morgan fingerprint density at radius 3 is 2.32 bits per heavy atom. The molecule has 1 rings (SSSR count). The number of para-hydroxylation sites is 1. The van der Waals surface area contributed by atoms with E-state index in [-0.39, 0.29) is 17.5 Å². The zero-order valence-corrected chi connectivity index (χ0v) is 13.3. The fourth-order valence-electron chi connectivity index (χ4n) is 1.89. The van der Waals surface area contributed by atoms with Crippen molar-refractivity contribution in [2.45, 2.75) is 19.3 Å². The molecule has 6 heteroatoms. The Kier molecular flexibility index (Phi) is 6.95. The Bertz CT molecular complexity index is 538. The van der Waals surface area contributed by atoms with Gasteiger partial charge in [0, 0.05) is 38.9 Å². The van der Waals surface area contributed by atoms with Gasteiger partial charge in [-0.1, -0.05) is 18.2 Å². The van der Waals surface area contributed by atoms with E-state index in [1.807, 2.05) is 18.2 Å². The Morgan fingerprint density at radius 2 is 1.77 bits per heavy atom. The summed E-state index contributed by atoms with van der Waals surface area (Å²) >= 11 is 0. The number of carbonyl (C=O) groups is 2. The maximum atomic E-state index is 12.1. The maximum Gasteiger partial charge on any atom is 0.273 e. The number of hydrogen-bond donors (Lipinski definition) is 3. The number of amides is 2. The number of carbonyl (C=O) groups excluding carboxylic acids is 2. The van der Waals surface area contributed by atoms with Crippen LogP contribution >= 0.6 is 0 Å². The Labute approximate surface area is 131 Å². The summed E-state index contributed by atoms with van der Waals surface area (Å²) < 4.78 is 0. The third-order valence-electron chi connectivity index (χ3n) is 3.22. The van der Waals surface area contributed by atoms with Crippen LogP contribution in [0.4, 0.5) is 5.69 Å². The average molecular weight is 304 g/mol. The molecule has 0 heterocycles. The second-order valence-electron chi connectivity index (χ2n) is 5.10. The molecular weight excluding hydrogens is 280 g/mol. The molecule has 0 aliphatic rings. The summed E-state index contributed by atoms with van der Waals surface area (Å²) in [5.41, 5.74) is 7.38. The van der Waals surface area contributed by atoms with Gasteiger partial charge in [0.05, 0.1) is 0 Å². The highest BCUT2D eigenvalue weighted by Gasteiger charge is 2.12. The first-order valence-electron chi connectivity index (χ1n) is 7.18. The number of hydrogen-bond acceptors (Lipinski definition) is 4. The lowest BCUT2D eigenvalue weighted by molar-refractivity contribution is -0.128. The quantitative estimate of drug-likeness (QED) is 0.662. The minimum Gasteiger partial charge on any atom is -0.393 e. The monoisotopic (exact) mass is 304 g/mol. The summed E-state index contributed by atoms with van der Waals surface area (Å²) in [5, 5.41) is 5.68. The molecule has 22 heavy (non-hydrogen) atoms. The standard InChI is InChI=1S/C16H24N4O2/c1-18-13(10-7-11-14(21)20(2)3)15(17)16(22)19-12-8-5-4-6-9-12/h4-6,8-9,18H,7,10-11,17H2,1-3H3,(H,19,22)/b15-13+. The van der Waals surface area contributed by atoms with Crippen LogP contribution in [-0.4, -0.2) is 37.9 Å². The molecule has 4 N–H and O–H groups in total. The van der Waals surface area contributed by atoms with E-state index in [1.54, 1.807) is 38.2 Å². The zero-order valence-electron chi connectivity index (χ0n) is 13.3. The molecule has 120 valence electrons. The van der Waals surface area contributed by atoms with Crippen molar-refractivity contribution >= 4 is 17.5 Å². The summed E-state index contributed by atoms with van der Waals surface area (Å²) in [6.45, 7) is 0. The van der Waals surface area contributed by atoms with E-state index in [1.165, 1.54) is 0 Å². The molecule has 6 nitrogen and oxygen atoms in total. The van der Waals surface area contributed by atoms with Crippen molar-refractivity contribution in [1.82, 2.24) is 10.2 Å². The molecule has 1 aromatic carbocycles. The molecule has 0 spiro atoms. The molecule has 0 aliphatic heterocycles. The third-order valence-corrected chi connectivity index (χ3v) is 3.22. The molecule has 0 unspecified atom stereocenters. The van der Waals surface area contributed by atoms with E-state index in [0.717, 1.165) is 0 Å². The molecule has 2 amide bonds. The number of benzene rings is 1. The number of anilines is 1. The SMILES string of the molecule is CN/C(CCCC(=O)N(C)C)=C(/N)C(=O)Nc1ccccc1. The van der Waals surface area contributed by atoms with Crippen molar-refractivity contribution in [1.29, 1.82) is 0 Å². The van der Waals surface area contributed by atoms with E-state index < -0.39 is 0 Å². The molecule has 0 saturated heterocycles. The summed E-state index contributed by atoms with van der Waals surface area (Å²) in [5.74, 6) is -0.294. The van der Waals surface area contributed by atoms with Crippen molar-refractivity contribution in [3.63, 3.8) is 0 Å². The van der Waals surface area contributed by atoms with Crippen LogP contribution in [0.3, 0.4) is 0 Å². The highest BCUT2D eigenvalue weighted by atomic mass is 16.2. The lowest BCUT2D eigenvalue weighted by atomic mass is 10.1. The smallest absolute Gasteiger partial charge is 0.273 e. The van der Waals surface area contributed by atoms with Crippen LogP contribution in [0.25, 0.3) is 0 Å². The second kappa shape index (κ2) is 8.71. The summed E-state index contributed by atoms with van der Waals surface area (Å²) in [7, 11) is 5.16. The first-order chi connectivity index (χ1) is 10.5. The minimum absolute atomic E-state index is 0.0581. The molecule has 0 atom stereocenters. The topological polar surface area (TPSA) is 87.5 Å².